The van der Waals surface area contributed by atoms with Crippen molar-refractivity contribution in [2.75, 3.05) is 0 Å². The number of hydrogen-bond donors (Lipinski definition) is 1. The van der Waals surface area contributed by atoms with Gasteiger partial charge in [0.1, 0.15) is 22.4 Å². The van der Waals surface area contributed by atoms with Crippen LogP contribution >= 0.6 is 46.4 Å². The third-order valence-electron chi connectivity index (χ3n) is 7.98. The molecule has 1 aliphatic heterocycles. The van der Waals surface area contributed by atoms with E-state index in [0.29, 0.717) is 32.8 Å². The van der Waals surface area contributed by atoms with Gasteiger partial charge in [0, 0.05) is 15.6 Å². The topological polar surface area (TPSA) is 107 Å². The molecule has 0 unspecified atom stereocenters. The molecular weight excluding hydrogens is 598 g/mol. The second kappa shape index (κ2) is 9.48. The van der Waals surface area contributed by atoms with Crippen molar-refractivity contribution in [1.29, 1.82) is 0 Å². The van der Waals surface area contributed by atoms with E-state index in [4.69, 9.17) is 56.9 Å². The summed E-state index contributed by atoms with van der Waals surface area (Å²) in [5, 5.41) is 0.649. The quantitative estimate of drug-likeness (QED) is 0.241. The third-order valence-corrected chi connectivity index (χ3v) is 9.85. The Morgan fingerprint density at radius 3 is 1.75 bits per heavy atom. The Balaban J connectivity index is 1.42. The molecule has 11 heteroatoms. The molecule has 0 radical (unpaired) electrons. The Labute approximate surface area is 249 Å². The van der Waals surface area contributed by atoms with Gasteiger partial charge in [0.15, 0.2) is 0 Å². The minimum absolute atomic E-state index is 0.256. The highest BCUT2D eigenvalue weighted by atomic mass is 35.5. The Morgan fingerprint density at radius 2 is 1.32 bits per heavy atom. The molecule has 3 amide bonds. The van der Waals surface area contributed by atoms with Gasteiger partial charge >= 0.3 is 5.97 Å². The molecule has 0 saturated carbocycles. The van der Waals surface area contributed by atoms with Crippen LogP contribution in [0.2, 0.25) is 10.0 Å². The van der Waals surface area contributed by atoms with Gasteiger partial charge in [-0.25, -0.2) is 4.79 Å². The van der Waals surface area contributed by atoms with Crippen molar-refractivity contribution < 1.29 is 23.9 Å². The number of likely N-dealkylation sites (tertiary alicyclic amines) is 1. The lowest BCUT2D eigenvalue weighted by Crippen LogP contribution is -2.57. The number of rotatable bonds is 6. The van der Waals surface area contributed by atoms with Gasteiger partial charge in [0.25, 0.3) is 0 Å². The number of nitrogens with zero attached hydrogens (tertiary/aromatic N) is 1. The average molecular weight is 618 g/mol. The zero-order chi connectivity index (χ0) is 28.6. The number of hydrogen-bond acceptors (Lipinski definition) is 5. The van der Waals surface area contributed by atoms with Crippen molar-refractivity contribution >= 4 is 70.1 Å². The summed E-state index contributed by atoms with van der Waals surface area (Å²) < 4.78 is 5.43. The van der Waals surface area contributed by atoms with Crippen LogP contribution in [-0.2, 0) is 40.3 Å². The molecule has 2 N–H and O–H groups in total. The van der Waals surface area contributed by atoms with Crippen LogP contribution in [0, 0.1) is 11.8 Å². The molecule has 0 aromatic heterocycles. The zero-order valence-corrected chi connectivity index (χ0v) is 23.6. The van der Waals surface area contributed by atoms with Crippen LogP contribution < -0.4 is 5.73 Å². The number of amides is 3. The Hall–Kier alpha value is -3.10. The first kappa shape index (κ1) is 27.1. The van der Waals surface area contributed by atoms with Crippen molar-refractivity contribution in [2.24, 2.45) is 17.6 Å². The highest BCUT2D eigenvalue weighted by Gasteiger charge is 2.73. The Kier molecular flexibility index (Phi) is 6.42. The first-order valence-corrected chi connectivity index (χ1v) is 13.9. The summed E-state index contributed by atoms with van der Waals surface area (Å²) in [6.07, 6.45) is -0.644. The largest absolute Gasteiger partial charge is 0.459 e. The lowest BCUT2D eigenvalue weighted by atomic mass is 9.54. The number of carbonyl (C=O) groups excluding carboxylic acids is 4. The van der Waals surface area contributed by atoms with Gasteiger partial charge in [-0.2, -0.15) is 0 Å². The molecular formula is C29H20Cl4N2O5. The monoisotopic (exact) mass is 616 g/mol. The fourth-order valence-electron chi connectivity index (χ4n) is 6.35. The number of benzene rings is 3. The molecule has 1 heterocycles. The normalized spacial score (nSPS) is 26.6. The van der Waals surface area contributed by atoms with Crippen LogP contribution in [0.25, 0.3) is 0 Å². The molecule has 0 spiro atoms. The predicted molar refractivity (Wildman–Crippen MR) is 149 cm³/mol. The van der Waals surface area contributed by atoms with Crippen LogP contribution in [0.15, 0.2) is 66.7 Å². The summed E-state index contributed by atoms with van der Waals surface area (Å²) in [6.45, 7) is -0.289. The van der Waals surface area contributed by atoms with E-state index in [-0.39, 0.29) is 11.6 Å². The van der Waals surface area contributed by atoms with E-state index in [9.17, 15) is 19.2 Å². The maximum absolute atomic E-state index is 14.2. The van der Waals surface area contributed by atoms with Crippen molar-refractivity contribution in [2.45, 2.75) is 28.8 Å². The van der Waals surface area contributed by atoms with E-state index in [1.807, 2.05) is 0 Å². The van der Waals surface area contributed by atoms with Crippen molar-refractivity contribution in [3.63, 3.8) is 0 Å². The third kappa shape index (κ3) is 3.64. The maximum atomic E-state index is 14.2. The van der Waals surface area contributed by atoms with E-state index in [1.165, 1.54) is 6.07 Å². The molecule has 3 atom stereocenters. The molecule has 7 nitrogen and oxygen atoms in total. The van der Waals surface area contributed by atoms with Crippen LogP contribution in [0.4, 0.5) is 0 Å². The smallest absolute Gasteiger partial charge is 0.330 e. The van der Waals surface area contributed by atoms with Gasteiger partial charge < -0.3 is 10.5 Å². The molecule has 4 aliphatic rings. The predicted octanol–water partition coefficient (Wildman–Crippen LogP) is 4.87. The van der Waals surface area contributed by atoms with Crippen molar-refractivity contribution in [3.8, 4) is 0 Å². The molecule has 3 aliphatic carbocycles. The fourth-order valence-corrected chi connectivity index (χ4v) is 7.91. The van der Waals surface area contributed by atoms with Gasteiger partial charge in [0.2, 0.25) is 17.7 Å². The number of ether oxygens (including phenoxy) is 1. The number of esters is 1. The maximum Gasteiger partial charge on any atom is 0.330 e. The summed E-state index contributed by atoms with van der Waals surface area (Å²) in [4.78, 5) is 51.7. The molecule has 40 heavy (non-hydrogen) atoms. The first-order valence-electron chi connectivity index (χ1n) is 12.3. The molecule has 3 aromatic carbocycles. The number of carbonyl (C=O) groups is 4. The minimum Gasteiger partial charge on any atom is -0.459 e. The number of alkyl halides is 2. The first-order chi connectivity index (χ1) is 19.0. The number of nitrogens with two attached hydrogens (primary N) is 1. The van der Waals surface area contributed by atoms with E-state index in [0.717, 1.165) is 4.90 Å². The molecule has 1 saturated heterocycles. The van der Waals surface area contributed by atoms with Crippen molar-refractivity contribution in [1.82, 2.24) is 4.90 Å². The molecule has 2 bridgehead atoms. The SMILES string of the molecule is NC(=O)C[C@H](C(=O)OCc1ccc(Cl)cc1Cl)N1C(=O)[C@@H]2[C@H](C1=O)C1(Cl)c3ccccc3C2(Cl)c2ccccc21. The Morgan fingerprint density at radius 1 is 0.850 bits per heavy atom. The number of primary amides is 1. The minimum atomic E-state index is -1.62. The lowest BCUT2D eigenvalue weighted by Gasteiger charge is -2.54. The molecule has 7 rings (SSSR count). The number of imide groups is 1. The summed E-state index contributed by atoms with van der Waals surface area (Å²) in [5.74, 6) is -5.65. The molecule has 204 valence electrons. The molecule has 1 fully saturated rings. The summed E-state index contributed by atoms with van der Waals surface area (Å²) in [5.41, 5.74) is 8.34. The Bertz CT molecular complexity index is 1500. The van der Waals surface area contributed by atoms with E-state index in [1.54, 1.807) is 60.7 Å². The van der Waals surface area contributed by atoms with Crippen LogP contribution in [0.1, 0.15) is 34.2 Å². The van der Waals surface area contributed by atoms with Gasteiger partial charge in [-0.3, -0.25) is 19.3 Å². The second-order valence-electron chi connectivity index (χ2n) is 10.0. The van der Waals surface area contributed by atoms with Gasteiger partial charge in [-0.1, -0.05) is 77.8 Å². The van der Waals surface area contributed by atoms with Crippen LogP contribution in [0.5, 0.6) is 0 Å². The summed E-state index contributed by atoms with van der Waals surface area (Å²) >= 11 is 27.0. The van der Waals surface area contributed by atoms with E-state index < -0.39 is 57.7 Å². The highest BCUT2D eigenvalue weighted by Crippen LogP contribution is 2.69. The average Bonchev–Trinajstić information content (AvgIpc) is 3.20. The van der Waals surface area contributed by atoms with E-state index >= 15 is 0 Å². The van der Waals surface area contributed by atoms with Gasteiger partial charge in [0.05, 0.1) is 18.3 Å². The van der Waals surface area contributed by atoms with Gasteiger partial charge in [-0.05, 0) is 34.4 Å². The van der Waals surface area contributed by atoms with Crippen LogP contribution in [-0.4, -0.2) is 34.6 Å². The standard InChI is InChI=1S/C29H20Cl4N2O5/c30-15-10-9-14(20(31)11-15)13-40-27(39)21(12-22(34)36)35-25(37)23-24(26(35)38)29(33)17-6-2-1-5-16(17)28(23,32)18-7-3-4-8-19(18)29/h1-11,21,23-24H,12-13H2,(H2,34,36)/t21-,23-,24+,28?,29?/m1/s1. The highest BCUT2D eigenvalue weighted by molar-refractivity contribution is 6.36. The van der Waals surface area contributed by atoms with Crippen LogP contribution in [0.3, 0.4) is 0 Å². The van der Waals surface area contributed by atoms with E-state index in [2.05, 4.69) is 0 Å². The number of halogens is 4. The zero-order valence-electron chi connectivity index (χ0n) is 20.6. The summed E-state index contributed by atoms with van der Waals surface area (Å²) in [6, 6.07) is 17.3. The lowest BCUT2D eigenvalue weighted by molar-refractivity contribution is -0.160. The van der Waals surface area contributed by atoms with Gasteiger partial charge in [-0.15, -0.1) is 23.2 Å². The van der Waals surface area contributed by atoms with Crippen molar-refractivity contribution in [3.05, 3.63) is 105 Å². The second-order valence-corrected chi connectivity index (χ2v) is 12.1. The fraction of sp³-hybridized carbons (Fsp3) is 0.241. The molecule has 3 aromatic rings. The summed E-state index contributed by atoms with van der Waals surface area (Å²) in [7, 11) is 0.